The lowest BCUT2D eigenvalue weighted by molar-refractivity contribution is 0.282. The number of benzene rings is 1. The zero-order valence-electron chi connectivity index (χ0n) is 7.63. The van der Waals surface area contributed by atoms with Crippen LogP contribution in [0.5, 0.6) is 0 Å². The zero-order valence-corrected chi connectivity index (χ0v) is 9.78. The first-order chi connectivity index (χ1) is 6.22. The van der Waals surface area contributed by atoms with Gasteiger partial charge in [-0.3, -0.25) is 0 Å². The molecule has 0 bridgehead atoms. The van der Waals surface area contributed by atoms with Gasteiger partial charge in [0.25, 0.3) is 0 Å². The molecule has 0 aliphatic rings. The van der Waals surface area contributed by atoms with Gasteiger partial charge in [-0.05, 0) is 60.2 Å². The maximum absolute atomic E-state index is 8.72. The van der Waals surface area contributed by atoms with Gasteiger partial charge in [0.1, 0.15) is 0 Å². The maximum atomic E-state index is 8.72. The fourth-order valence-corrected chi connectivity index (χ4v) is 1.46. The van der Waals surface area contributed by atoms with Crippen LogP contribution in [0.15, 0.2) is 24.3 Å². The molecule has 2 nitrogen and oxygen atoms in total. The molecule has 0 fully saturated rings. The Labute approximate surface area is 92.5 Å². The highest BCUT2D eigenvalue weighted by molar-refractivity contribution is 14.1. The summed E-state index contributed by atoms with van der Waals surface area (Å²) in [5.41, 5.74) is 1.11. The van der Waals surface area contributed by atoms with E-state index < -0.39 is 0 Å². The molecule has 0 saturated heterocycles. The van der Waals surface area contributed by atoms with E-state index in [1.807, 2.05) is 0 Å². The van der Waals surface area contributed by atoms with Crippen LogP contribution in [0, 0.1) is 3.57 Å². The van der Waals surface area contributed by atoms with Gasteiger partial charge in [0.2, 0.25) is 0 Å². The minimum absolute atomic E-state index is 0.235. The van der Waals surface area contributed by atoms with Gasteiger partial charge in [0.05, 0.1) is 0 Å². The number of hydrogen-bond acceptors (Lipinski definition) is 2. The molecule has 0 radical (unpaired) electrons. The summed E-state index contributed by atoms with van der Waals surface area (Å²) in [5.74, 6) is 0. The minimum Gasteiger partial charge on any atom is -0.396 e. The number of nitrogens with one attached hydrogen (secondary N) is 1. The lowest BCUT2D eigenvalue weighted by Gasteiger charge is -2.13. The Balaban J connectivity index is 2.49. The zero-order chi connectivity index (χ0) is 9.68. The van der Waals surface area contributed by atoms with Gasteiger partial charge in [0, 0.05) is 21.9 Å². The average molecular weight is 291 g/mol. The molecule has 1 rings (SSSR count). The van der Waals surface area contributed by atoms with E-state index in [9.17, 15) is 0 Å². The molecule has 13 heavy (non-hydrogen) atoms. The monoisotopic (exact) mass is 291 g/mol. The topological polar surface area (TPSA) is 32.3 Å². The summed E-state index contributed by atoms with van der Waals surface area (Å²) in [5, 5.41) is 12.0. The molecule has 1 aromatic carbocycles. The van der Waals surface area contributed by atoms with E-state index in [4.69, 9.17) is 5.11 Å². The molecule has 1 atom stereocenters. The highest BCUT2D eigenvalue weighted by Gasteiger charge is 1.99. The fourth-order valence-electron chi connectivity index (χ4n) is 1.10. The Morgan fingerprint density at radius 2 is 2.00 bits per heavy atom. The largest absolute Gasteiger partial charge is 0.396 e. The molecule has 3 heteroatoms. The van der Waals surface area contributed by atoms with E-state index in [2.05, 4.69) is 59.1 Å². The predicted octanol–water partition coefficient (Wildman–Crippen LogP) is 2.47. The van der Waals surface area contributed by atoms with E-state index >= 15 is 0 Å². The molecular formula is C10H14INO. The molecule has 0 spiro atoms. The second-order valence-corrected chi connectivity index (χ2v) is 4.31. The van der Waals surface area contributed by atoms with Gasteiger partial charge in [-0.15, -0.1) is 0 Å². The van der Waals surface area contributed by atoms with Crippen molar-refractivity contribution in [3.63, 3.8) is 0 Å². The van der Waals surface area contributed by atoms with Crippen molar-refractivity contribution in [1.29, 1.82) is 0 Å². The summed E-state index contributed by atoms with van der Waals surface area (Å²) in [6.45, 7) is 2.30. The van der Waals surface area contributed by atoms with Crippen molar-refractivity contribution >= 4 is 28.3 Å². The van der Waals surface area contributed by atoms with Gasteiger partial charge < -0.3 is 10.4 Å². The van der Waals surface area contributed by atoms with E-state index in [0.717, 1.165) is 12.1 Å². The molecular weight excluding hydrogens is 277 g/mol. The lowest BCUT2D eigenvalue weighted by atomic mass is 10.2. The smallest absolute Gasteiger partial charge is 0.0450 e. The van der Waals surface area contributed by atoms with Gasteiger partial charge in [-0.25, -0.2) is 0 Å². The molecule has 0 amide bonds. The molecule has 1 aromatic rings. The van der Waals surface area contributed by atoms with Crippen molar-refractivity contribution in [3.8, 4) is 0 Å². The molecule has 0 aliphatic heterocycles. The van der Waals surface area contributed by atoms with Crippen molar-refractivity contribution < 1.29 is 5.11 Å². The van der Waals surface area contributed by atoms with Crippen molar-refractivity contribution in [3.05, 3.63) is 27.8 Å². The van der Waals surface area contributed by atoms with Crippen molar-refractivity contribution in [2.24, 2.45) is 0 Å². The first-order valence-electron chi connectivity index (χ1n) is 4.35. The van der Waals surface area contributed by atoms with Crippen LogP contribution in [0.2, 0.25) is 0 Å². The number of aliphatic hydroxyl groups is 1. The number of halogens is 1. The summed E-state index contributed by atoms with van der Waals surface area (Å²) in [6, 6.07) is 8.55. The Bertz CT molecular complexity index is 248. The summed E-state index contributed by atoms with van der Waals surface area (Å²) >= 11 is 2.28. The van der Waals surface area contributed by atoms with Gasteiger partial charge in [-0.1, -0.05) is 0 Å². The maximum Gasteiger partial charge on any atom is 0.0450 e. The molecule has 0 aliphatic carbocycles. The molecule has 0 heterocycles. The van der Waals surface area contributed by atoms with E-state index in [0.29, 0.717) is 6.04 Å². The first-order valence-corrected chi connectivity index (χ1v) is 5.43. The van der Waals surface area contributed by atoms with E-state index in [1.165, 1.54) is 3.57 Å². The second-order valence-electron chi connectivity index (χ2n) is 3.06. The number of hydrogen-bond donors (Lipinski definition) is 2. The summed E-state index contributed by atoms with van der Waals surface area (Å²) in [6.07, 6.45) is 0.784. The Morgan fingerprint density at radius 3 is 2.54 bits per heavy atom. The molecule has 72 valence electrons. The highest BCUT2D eigenvalue weighted by Crippen LogP contribution is 2.12. The third-order valence-corrected chi connectivity index (χ3v) is 2.54. The predicted molar refractivity (Wildman–Crippen MR) is 63.9 cm³/mol. The summed E-state index contributed by atoms with van der Waals surface area (Å²) in [7, 11) is 0. The SMILES string of the molecule is CC(CCO)Nc1ccc(I)cc1. The van der Waals surface area contributed by atoms with Crippen molar-refractivity contribution in [1.82, 2.24) is 0 Å². The quantitative estimate of drug-likeness (QED) is 0.835. The highest BCUT2D eigenvalue weighted by atomic mass is 127. The standard InChI is InChI=1S/C10H14INO/c1-8(6-7-13)12-10-4-2-9(11)3-5-10/h2-5,8,12-13H,6-7H2,1H3. The van der Waals surface area contributed by atoms with Crippen LogP contribution in [-0.4, -0.2) is 17.8 Å². The lowest BCUT2D eigenvalue weighted by Crippen LogP contribution is -2.16. The Morgan fingerprint density at radius 1 is 1.38 bits per heavy atom. The summed E-state index contributed by atoms with van der Waals surface area (Å²) in [4.78, 5) is 0. The fraction of sp³-hybridized carbons (Fsp3) is 0.400. The van der Waals surface area contributed by atoms with Crippen LogP contribution < -0.4 is 5.32 Å². The van der Waals surface area contributed by atoms with Crippen LogP contribution >= 0.6 is 22.6 Å². The third kappa shape index (κ3) is 3.95. The number of aliphatic hydroxyl groups excluding tert-OH is 1. The molecule has 2 N–H and O–H groups in total. The van der Waals surface area contributed by atoms with Crippen LogP contribution in [0.1, 0.15) is 13.3 Å². The third-order valence-electron chi connectivity index (χ3n) is 1.82. The Hall–Kier alpha value is -0.290. The van der Waals surface area contributed by atoms with Gasteiger partial charge >= 0.3 is 0 Å². The molecule has 0 aromatic heterocycles. The second kappa shape index (κ2) is 5.44. The van der Waals surface area contributed by atoms with E-state index in [-0.39, 0.29) is 6.61 Å². The molecule has 0 saturated carbocycles. The first kappa shape index (κ1) is 10.8. The summed E-state index contributed by atoms with van der Waals surface area (Å²) < 4.78 is 1.23. The van der Waals surface area contributed by atoms with Crippen molar-refractivity contribution in [2.75, 3.05) is 11.9 Å². The Kier molecular flexibility index (Phi) is 4.52. The van der Waals surface area contributed by atoms with Gasteiger partial charge in [-0.2, -0.15) is 0 Å². The normalized spacial score (nSPS) is 12.5. The van der Waals surface area contributed by atoms with E-state index in [1.54, 1.807) is 0 Å². The molecule has 1 unspecified atom stereocenters. The van der Waals surface area contributed by atoms with Crippen LogP contribution in [-0.2, 0) is 0 Å². The number of rotatable bonds is 4. The van der Waals surface area contributed by atoms with Crippen LogP contribution in [0.3, 0.4) is 0 Å². The van der Waals surface area contributed by atoms with Gasteiger partial charge in [0.15, 0.2) is 0 Å². The van der Waals surface area contributed by atoms with Crippen molar-refractivity contribution in [2.45, 2.75) is 19.4 Å². The van der Waals surface area contributed by atoms with Crippen LogP contribution in [0.4, 0.5) is 5.69 Å². The number of anilines is 1. The minimum atomic E-state index is 0.235. The van der Waals surface area contributed by atoms with Crippen LogP contribution in [0.25, 0.3) is 0 Å². The average Bonchev–Trinajstić information content (AvgIpc) is 2.09.